The van der Waals surface area contributed by atoms with E-state index in [1.165, 1.54) is 18.4 Å². The number of benzene rings is 1. The van der Waals surface area contributed by atoms with Crippen LogP contribution < -0.4 is 9.03 Å². The molecule has 1 N–H and O–H groups in total. The zero-order valence-electron chi connectivity index (χ0n) is 7.56. The molecular formula is C8H13N2NaO2S. The predicted octanol–water partition coefficient (Wildman–Crippen LogP) is -0.0615. The summed E-state index contributed by atoms with van der Waals surface area (Å²) in [6.45, 7) is 0. The van der Waals surface area contributed by atoms with Gasteiger partial charge in [-0.1, -0.05) is 18.2 Å². The summed E-state index contributed by atoms with van der Waals surface area (Å²) in [7, 11) is -0.483. The van der Waals surface area contributed by atoms with E-state index in [4.69, 9.17) is 0 Å². The minimum absolute atomic E-state index is 0. The van der Waals surface area contributed by atoms with Gasteiger partial charge in [0, 0.05) is 14.1 Å². The predicted molar refractivity (Wildman–Crippen MR) is 60.0 cm³/mol. The van der Waals surface area contributed by atoms with Crippen molar-refractivity contribution in [3.05, 3.63) is 30.3 Å². The molecule has 1 aromatic carbocycles. The van der Waals surface area contributed by atoms with Crippen molar-refractivity contribution < 1.29 is 8.42 Å². The average Bonchev–Trinajstić information content (AvgIpc) is 2.18. The van der Waals surface area contributed by atoms with E-state index in [-0.39, 0.29) is 29.6 Å². The summed E-state index contributed by atoms with van der Waals surface area (Å²) in [5.74, 6) is 0. The van der Waals surface area contributed by atoms with Gasteiger partial charge in [0.05, 0.1) is 5.69 Å². The van der Waals surface area contributed by atoms with Crippen LogP contribution in [0.3, 0.4) is 0 Å². The topological polar surface area (TPSA) is 49.4 Å². The van der Waals surface area contributed by atoms with Crippen molar-refractivity contribution >= 4 is 45.5 Å². The van der Waals surface area contributed by atoms with Gasteiger partial charge in [-0.3, -0.25) is 4.31 Å². The first kappa shape index (κ1) is 13.9. The van der Waals surface area contributed by atoms with E-state index in [2.05, 4.69) is 4.72 Å². The Morgan fingerprint density at radius 2 is 1.71 bits per heavy atom. The van der Waals surface area contributed by atoms with Gasteiger partial charge in [0.25, 0.3) is 0 Å². The third-order valence-corrected chi connectivity index (χ3v) is 3.19. The van der Waals surface area contributed by atoms with Crippen LogP contribution in [0.1, 0.15) is 0 Å². The first-order valence-electron chi connectivity index (χ1n) is 3.80. The van der Waals surface area contributed by atoms with E-state index in [0.29, 0.717) is 5.69 Å². The molecule has 0 aliphatic rings. The summed E-state index contributed by atoms with van der Waals surface area (Å²) in [6, 6.07) is 8.88. The summed E-state index contributed by atoms with van der Waals surface area (Å²) in [6.07, 6.45) is 0. The Morgan fingerprint density at radius 3 is 2.14 bits per heavy atom. The Morgan fingerprint density at radius 1 is 1.21 bits per heavy atom. The molecule has 0 aromatic heterocycles. The van der Waals surface area contributed by atoms with Crippen LogP contribution in [0.25, 0.3) is 0 Å². The van der Waals surface area contributed by atoms with Crippen LogP contribution in [0.2, 0.25) is 0 Å². The van der Waals surface area contributed by atoms with E-state index >= 15 is 0 Å². The monoisotopic (exact) mass is 224 g/mol. The molecule has 0 bridgehead atoms. The standard InChI is InChI=1S/C8H12N2O2S.Na.H/c1-9-13(11,12)10(2)8-6-4-3-5-7-8;;/h3-7,9H,1-2H3;;. The molecule has 0 atom stereocenters. The second-order valence-electron chi connectivity index (χ2n) is 2.51. The minimum atomic E-state index is -3.37. The summed E-state index contributed by atoms with van der Waals surface area (Å²) in [5, 5.41) is 0. The maximum absolute atomic E-state index is 11.3. The van der Waals surface area contributed by atoms with Crippen LogP contribution in [0.4, 0.5) is 5.69 Å². The fourth-order valence-electron chi connectivity index (χ4n) is 0.914. The zero-order chi connectivity index (χ0) is 9.90. The van der Waals surface area contributed by atoms with E-state index in [9.17, 15) is 8.42 Å². The molecule has 0 saturated heterocycles. The molecule has 6 heteroatoms. The van der Waals surface area contributed by atoms with Crippen molar-refractivity contribution in [1.29, 1.82) is 0 Å². The van der Waals surface area contributed by atoms with Crippen molar-refractivity contribution in [3.8, 4) is 0 Å². The summed E-state index contributed by atoms with van der Waals surface area (Å²) in [4.78, 5) is 0. The van der Waals surface area contributed by atoms with Gasteiger partial charge in [-0.2, -0.15) is 8.42 Å². The van der Waals surface area contributed by atoms with Gasteiger partial charge in [-0.25, -0.2) is 4.72 Å². The number of nitrogens with zero attached hydrogens (tertiary/aromatic N) is 1. The number of hydrogen-bond acceptors (Lipinski definition) is 2. The Balaban J connectivity index is 0.00000169. The molecule has 0 saturated carbocycles. The van der Waals surface area contributed by atoms with E-state index < -0.39 is 10.2 Å². The molecule has 0 fully saturated rings. The van der Waals surface area contributed by atoms with E-state index in [1.54, 1.807) is 24.3 Å². The molecular weight excluding hydrogens is 211 g/mol. The average molecular weight is 224 g/mol. The van der Waals surface area contributed by atoms with Crippen molar-refractivity contribution in [3.63, 3.8) is 0 Å². The van der Waals surface area contributed by atoms with Gasteiger partial charge in [0.15, 0.2) is 0 Å². The number of rotatable bonds is 3. The van der Waals surface area contributed by atoms with Crippen LogP contribution in [-0.2, 0) is 10.2 Å². The van der Waals surface area contributed by atoms with E-state index in [1.807, 2.05) is 6.07 Å². The molecule has 14 heavy (non-hydrogen) atoms. The fourth-order valence-corrected chi connectivity index (χ4v) is 1.59. The van der Waals surface area contributed by atoms with Gasteiger partial charge < -0.3 is 0 Å². The number of para-hydroxylation sites is 1. The molecule has 0 amide bonds. The van der Waals surface area contributed by atoms with Crippen molar-refractivity contribution in [2.24, 2.45) is 0 Å². The van der Waals surface area contributed by atoms with E-state index in [0.717, 1.165) is 0 Å². The normalized spacial score (nSPS) is 10.4. The Kier molecular flexibility index (Phi) is 5.70. The van der Waals surface area contributed by atoms with Crippen molar-refractivity contribution in [2.75, 3.05) is 18.4 Å². The zero-order valence-corrected chi connectivity index (χ0v) is 8.38. The van der Waals surface area contributed by atoms with Crippen molar-refractivity contribution in [2.45, 2.75) is 0 Å². The fraction of sp³-hybridized carbons (Fsp3) is 0.250. The quantitative estimate of drug-likeness (QED) is 0.731. The van der Waals surface area contributed by atoms with Gasteiger partial charge in [0.2, 0.25) is 0 Å². The first-order chi connectivity index (χ1) is 6.08. The molecule has 0 radical (unpaired) electrons. The number of anilines is 1. The van der Waals surface area contributed by atoms with Gasteiger partial charge in [-0.15, -0.1) is 0 Å². The molecule has 4 nitrogen and oxygen atoms in total. The first-order valence-corrected chi connectivity index (χ1v) is 5.24. The summed E-state index contributed by atoms with van der Waals surface area (Å²) < 4.78 is 26.1. The Bertz CT molecular complexity index is 366. The molecule has 1 aromatic rings. The number of nitrogens with one attached hydrogen (secondary N) is 1. The van der Waals surface area contributed by atoms with Gasteiger partial charge >= 0.3 is 39.8 Å². The molecule has 0 unspecified atom stereocenters. The van der Waals surface area contributed by atoms with Crippen molar-refractivity contribution in [1.82, 2.24) is 4.72 Å². The van der Waals surface area contributed by atoms with Gasteiger partial charge in [-0.05, 0) is 12.1 Å². The summed E-state index contributed by atoms with van der Waals surface area (Å²) >= 11 is 0. The second kappa shape index (κ2) is 5.72. The van der Waals surface area contributed by atoms with Crippen LogP contribution in [0, 0.1) is 0 Å². The van der Waals surface area contributed by atoms with Crippen LogP contribution in [0.5, 0.6) is 0 Å². The van der Waals surface area contributed by atoms with Gasteiger partial charge in [0.1, 0.15) is 0 Å². The molecule has 0 heterocycles. The summed E-state index contributed by atoms with van der Waals surface area (Å²) in [5.41, 5.74) is 0.636. The van der Waals surface area contributed by atoms with Crippen LogP contribution >= 0.6 is 0 Å². The molecule has 0 aliphatic carbocycles. The molecule has 0 aliphatic heterocycles. The second-order valence-corrected chi connectivity index (χ2v) is 4.42. The number of hydrogen-bond donors (Lipinski definition) is 1. The van der Waals surface area contributed by atoms with Crippen LogP contribution in [0.15, 0.2) is 30.3 Å². The third-order valence-electron chi connectivity index (χ3n) is 1.74. The Hall–Kier alpha value is -0.0700. The molecule has 74 valence electrons. The third kappa shape index (κ3) is 3.25. The van der Waals surface area contributed by atoms with Crippen LogP contribution in [-0.4, -0.2) is 52.1 Å². The maximum atomic E-state index is 11.3. The molecule has 0 spiro atoms. The SMILES string of the molecule is CNS(=O)(=O)N(C)c1ccccc1.[NaH]. The Labute approximate surface area is 107 Å². The molecule has 1 rings (SSSR count).